The summed E-state index contributed by atoms with van der Waals surface area (Å²) in [5.41, 5.74) is -0.339. The number of carbonyl (C=O) groups excluding carboxylic acids is 3. The van der Waals surface area contributed by atoms with E-state index in [2.05, 4.69) is 5.32 Å². The maximum Gasteiger partial charge on any atom is 0.408 e. The molecule has 0 bridgehead atoms. The number of carbonyl (C=O) groups is 3. The molecule has 1 heterocycles. The second-order valence-corrected chi connectivity index (χ2v) is 11.3. The number of esters is 1. The fraction of sp³-hybridized carbons (Fsp3) is 0.654. The predicted molar refractivity (Wildman–Crippen MR) is 125 cm³/mol. The maximum atomic E-state index is 13.8. The molecule has 1 aliphatic heterocycles. The lowest BCUT2D eigenvalue weighted by Crippen LogP contribution is -2.57. The van der Waals surface area contributed by atoms with Crippen LogP contribution in [-0.2, 0) is 25.7 Å². The molecule has 7 heteroatoms. The molecule has 4 atom stereocenters. The molecule has 0 radical (unpaired) electrons. The van der Waals surface area contributed by atoms with Crippen LogP contribution in [0, 0.1) is 17.3 Å². The smallest absolute Gasteiger partial charge is 0.408 e. The van der Waals surface area contributed by atoms with Gasteiger partial charge in [-0.3, -0.25) is 4.79 Å². The quantitative estimate of drug-likeness (QED) is 0.665. The van der Waals surface area contributed by atoms with Crippen molar-refractivity contribution >= 4 is 18.0 Å². The highest BCUT2D eigenvalue weighted by molar-refractivity contribution is 5.91. The number of amides is 2. The van der Waals surface area contributed by atoms with Gasteiger partial charge in [-0.15, -0.1) is 0 Å². The summed E-state index contributed by atoms with van der Waals surface area (Å²) in [4.78, 5) is 41.2. The van der Waals surface area contributed by atoms with Crippen LogP contribution in [-0.4, -0.2) is 47.1 Å². The number of hydrogen-bond acceptors (Lipinski definition) is 5. The van der Waals surface area contributed by atoms with Gasteiger partial charge in [-0.1, -0.05) is 57.5 Å². The highest BCUT2D eigenvalue weighted by Gasteiger charge is 2.52. The molecule has 1 aromatic carbocycles. The van der Waals surface area contributed by atoms with Gasteiger partial charge in [0.1, 0.15) is 24.3 Å². The second-order valence-electron chi connectivity index (χ2n) is 11.3. The first-order valence-corrected chi connectivity index (χ1v) is 11.9. The molecule has 2 amide bonds. The zero-order valence-electron chi connectivity index (χ0n) is 20.7. The van der Waals surface area contributed by atoms with Gasteiger partial charge < -0.3 is 19.7 Å². The van der Waals surface area contributed by atoms with Crippen LogP contribution in [0.5, 0.6) is 0 Å². The van der Waals surface area contributed by atoms with Crippen LogP contribution in [0.4, 0.5) is 4.79 Å². The number of alkyl carbamates (subject to hydrolysis) is 1. The number of fused-ring (bicyclic) bond motifs is 1. The molecule has 2 aliphatic rings. The Kier molecular flexibility index (Phi) is 7.39. The minimum Gasteiger partial charge on any atom is -0.458 e. The lowest BCUT2D eigenvalue weighted by atomic mass is 9.85. The third kappa shape index (κ3) is 6.27. The molecule has 1 aliphatic carbocycles. The molecule has 3 rings (SSSR count). The number of rotatable bonds is 5. The Bertz CT molecular complexity index is 856. The lowest BCUT2D eigenvalue weighted by Gasteiger charge is -2.36. The summed E-state index contributed by atoms with van der Waals surface area (Å²) in [6.07, 6.45) is 2.31. The molecule has 0 aromatic heterocycles. The van der Waals surface area contributed by atoms with Gasteiger partial charge in [-0.2, -0.15) is 0 Å². The van der Waals surface area contributed by atoms with E-state index in [1.54, 1.807) is 4.90 Å². The van der Waals surface area contributed by atoms with Crippen molar-refractivity contribution in [2.75, 3.05) is 6.54 Å². The number of ether oxygens (including phenoxy) is 2. The third-order valence-corrected chi connectivity index (χ3v) is 6.41. The zero-order chi connectivity index (χ0) is 24.4. The topological polar surface area (TPSA) is 84.9 Å². The van der Waals surface area contributed by atoms with E-state index >= 15 is 0 Å². The van der Waals surface area contributed by atoms with Gasteiger partial charge in [-0.25, -0.2) is 9.59 Å². The van der Waals surface area contributed by atoms with E-state index in [-0.39, 0.29) is 30.3 Å². The zero-order valence-corrected chi connectivity index (χ0v) is 20.7. The van der Waals surface area contributed by atoms with Crippen molar-refractivity contribution in [3.63, 3.8) is 0 Å². The Morgan fingerprint density at radius 3 is 2.33 bits per heavy atom. The Hall–Kier alpha value is -2.57. The van der Waals surface area contributed by atoms with E-state index in [4.69, 9.17) is 9.47 Å². The van der Waals surface area contributed by atoms with Crippen LogP contribution in [0.3, 0.4) is 0 Å². The predicted octanol–water partition coefficient (Wildman–Crippen LogP) is 4.30. The van der Waals surface area contributed by atoms with Crippen LogP contribution in [0.15, 0.2) is 30.3 Å². The van der Waals surface area contributed by atoms with Gasteiger partial charge in [0.05, 0.1) is 0 Å². The van der Waals surface area contributed by atoms with Crippen LogP contribution >= 0.6 is 0 Å². The maximum absolute atomic E-state index is 13.8. The number of nitrogens with one attached hydrogen (secondary N) is 1. The summed E-state index contributed by atoms with van der Waals surface area (Å²) in [6.45, 7) is 11.8. The van der Waals surface area contributed by atoms with E-state index in [1.807, 2.05) is 71.9 Å². The first-order valence-electron chi connectivity index (χ1n) is 11.9. The second kappa shape index (κ2) is 9.74. The van der Waals surface area contributed by atoms with E-state index < -0.39 is 29.2 Å². The van der Waals surface area contributed by atoms with Crippen LogP contribution < -0.4 is 5.32 Å². The first-order chi connectivity index (χ1) is 15.4. The summed E-state index contributed by atoms with van der Waals surface area (Å²) < 4.78 is 11.1. The summed E-state index contributed by atoms with van der Waals surface area (Å²) in [5, 5.41) is 2.77. The van der Waals surface area contributed by atoms with E-state index in [9.17, 15) is 14.4 Å². The van der Waals surface area contributed by atoms with E-state index in [1.165, 1.54) is 0 Å². The normalized spacial score (nSPS) is 23.6. The summed E-state index contributed by atoms with van der Waals surface area (Å²) in [7, 11) is 0. The van der Waals surface area contributed by atoms with Crippen molar-refractivity contribution in [3.05, 3.63) is 35.9 Å². The van der Waals surface area contributed by atoms with Gasteiger partial charge in [0, 0.05) is 6.54 Å². The molecule has 0 unspecified atom stereocenters. The van der Waals surface area contributed by atoms with Gasteiger partial charge >= 0.3 is 12.1 Å². The largest absolute Gasteiger partial charge is 0.458 e. The fourth-order valence-electron chi connectivity index (χ4n) is 4.89. The van der Waals surface area contributed by atoms with E-state index in [0.29, 0.717) is 6.54 Å². The molecule has 7 nitrogen and oxygen atoms in total. The van der Waals surface area contributed by atoms with Crippen LogP contribution in [0.2, 0.25) is 0 Å². The van der Waals surface area contributed by atoms with Gasteiger partial charge in [0.25, 0.3) is 0 Å². The third-order valence-electron chi connectivity index (χ3n) is 6.41. The highest BCUT2D eigenvalue weighted by Crippen LogP contribution is 2.43. The molecule has 182 valence electrons. The van der Waals surface area contributed by atoms with Crippen molar-refractivity contribution in [2.24, 2.45) is 17.3 Å². The average molecular weight is 459 g/mol. The molecule has 1 N–H and O–H groups in total. The molecule has 1 aromatic rings. The molecule has 1 saturated carbocycles. The van der Waals surface area contributed by atoms with Crippen molar-refractivity contribution < 1.29 is 23.9 Å². The van der Waals surface area contributed by atoms with Crippen LogP contribution in [0.25, 0.3) is 0 Å². The molecule has 33 heavy (non-hydrogen) atoms. The Morgan fingerprint density at radius 1 is 1.06 bits per heavy atom. The highest BCUT2D eigenvalue weighted by atomic mass is 16.6. The van der Waals surface area contributed by atoms with Crippen LogP contribution in [0.1, 0.15) is 66.4 Å². The summed E-state index contributed by atoms with van der Waals surface area (Å²) in [6, 6.07) is 7.94. The average Bonchev–Trinajstić information content (AvgIpc) is 3.29. The van der Waals surface area contributed by atoms with Gasteiger partial charge in [0.2, 0.25) is 5.91 Å². The minimum atomic E-state index is -0.829. The molecule has 2 fully saturated rings. The van der Waals surface area contributed by atoms with Crippen molar-refractivity contribution in [2.45, 2.75) is 85.1 Å². The molecule has 0 spiro atoms. The molecular weight excluding hydrogens is 420 g/mol. The Balaban J connectivity index is 1.75. The number of nitrogens with zero attached hydrogens (tertiary/aromatic N) is 1. The standard InChI is InChI=1S/C26H38N2O5/c1-25(2,3)21(27-24(31)32-16-17-11-8-7-9-12-17)22(29)28-15-18-13-10-14-19(18)20(28)23(30)33-26(4,5)6/h7-9,11-12,18-21H,10,13-16H2,1-6H3,(H,27,31)/t18-,19-,20-,21-/m0/s1. The van der Waals surface area contributed by atoms with Crippen molar-refractivity contribution in [1.82, 2.24) is 10.2 Å². The first kappa shape index (κ1) is 25.1. The molecule has 1 saturated heterocycles. The number of likely N-dealkylation sites (tertiary alicyclic amines) is 1. The lowest BCUT2D eigenvalue weighted by molar-refractivity contribution is -0.165. The summed E-state index contributed by atoms with van der Waals surface area (Å²) in [5.74, 6) is -0.222. The Labute approximate surface area is 197 Å². The van der Waals surface area contributed by atoms with Gasteiger partial charge in [0.15, 0.2) is 0 Å². The number of hydrogen-bond donors (Lipinski definition) is 1. The van der Waals surface area contributed by atoms with E-state index in [0.717, 1.165) is 24.8 Å². The summed E-state index contributed by atoms with van der Waals surface area (Å²) >= 11 is 0. The molecular formula is C26H38N2O5. The minimum absolute atomic E-state index is 0.106. The van der Waals surface area contributed by atoms with Gasteiger partial charge in [-0.05, 0) is 56.4 Å². The Morgan fingerprint density at radius 2 is 1.73 bits per heavy atom. The monoisotopic (exact) mass is 458 g/mol. The van der Waals surface area contributed by atoms with Crippen molar-refractivity contribution in [3.8, 4) is 0 Å². The number of benzene rings is 1. The van der Waals surface area contributed by atoms with Crippen molar-refractivity contribution in [1.29, 1.82) is 0 Å². The fourth-order valence-corrected chi connectivity index (χ4v) is 4.89. The SMILES string of the molecule is CC(C)(C)OC(=O)[C@@H]1[C@H]2CCC[C@H]2CN1C(=O)[C@H](NC(=O)OCc1ccccc1)C(C)(C)C.